The summed E-state index contributed by atoms with van der Waals surface area (Å²) in [6.45, 7) is 2.36. The highest BCUT2D eigenvalue weighted by Crippen LogP contribution is 2.25. The summed E-state index contributed by atoms with van der Waals surface area (Å²) in [5.41, 5.74) is 0.532. The Bertz CT molecular complexity index is 332. The molecule has 5 heteroatoms. The Morgan fingerprint density at radius 3 is 2.64 bits per heavy atom. The van der Waals surface area contributed by atoms with Gasteiger partial charge in [-0.25, -0.2) is 0 Å². The van der Waals surface area contributed by atoms with Crippen molar-refractivity contribution in [1.29, 1.82) is 0 Å². The predicted molar refractivity (Wildman–Crippen MR) is 58.0 cm³/mol. The monoisotopic (exact) mass is 232 g/mol. The van der Waals surface area contributed by atoms with Gasteiger partial charge in [-0.3, -0.25) is 4.21 Å². The van der Waals surface area contributed by atoms with E-state index in [0.717, 1.165) is 6.42 Å². The maximum atomic E-state index is 10.9. The molecule has 14 heavy (non-hydrogen) atoms. The van der Waals surface area contributed by atoms with Crippen molar-refractivity contribution >= 4 is 28.6 Å². The minimum Gasteiger partial charge on any atom is -0.755 e. The molecule has 0 N–H and O–H groups in total. The molecule has 3 nitrogen and oxygen atoms in total. The lowest BCUT2D eigenvalue weighted by Crippen LogP contribution is -2.26. The van der Waals surface area contributed by atoms with E-state index in [4.69, 9.17) is 11.6 Å². The quantitative estimate of drug-likeness (QED) is 0.748. The predicted octanol–water partition coefficient (Wildman–Crippen LogP) is 2.35. The fourth-order valence-corrected chi connectivity index (χ4v) is 2.07. The topological polar surface area (TPSA) is 43.4 Å². The number of nitrogens with zero attached hydrogens (tertiary/aromatic N) is 1. The summed E-state index contributed by atoms with van der Waals surface area (Å²) in [5.74, 6) is 0. The van der Waals surface area contributed by atoms with Crippen LogP contribution in [0, 0.1) is 0 Å². The maximum Gasteiger partial charge on any atom is 0.0668 e. The van der Waals surface area contributed by atoms with Gasteiger partial charge in [0.2, 0.25) is 0 Å². The van der Waals surface area contributed by atoms with Gasteiger partial charge in [0.05, 0.1) is 10.7 Å². The Labute approximate surface area is 91.1 Å². The van der Waals surface area contributed by atoms with Crippen LogP contribution in [0.1, 0.15) is 13.3 Å². The molecule has 0 fully saturated rings. The molecule has 1 aromatic carbocycles. The average Bonchev–Trinajstić information content (AvgIpc) is 2.15. The first-order chi connectivity index (χ1) is 6.66. The van der Waals surface area contributed by atoms with Crippen molar-refractivity contribution in [1.82, 2.24) is 0 Å². The van der Waals surface area contributed by atoms with E-state index in [9.17, 15) is 8.76 Å². The zero-order chi connectivity index (χ0) is 10.6. The Hall–Kier alpha value is -0.580. The zero-order valence-corrected chi connectivity index (χ0v) is 9.35. The van der Waals surface area contributed by atoms with Gasteiger partial charge in [-0.1, -0.05) is 30.7 Å². The Morgan fingerprint density at radius 2 is 2.14 bits per heavy atom. The van der Waals surface area contributed by atoms with Crippen LogP contribution in [0.4, 0.5) is 5.69 Å². The van der Waals surface area contributed by atoms with E-state index in [2.05, 4.69) is 0 Å². The van der Waals surface area contributed by atoms with Crippen molar-refractivity contribution in [2.45, 2.75) is 13.3 Å². The fourth-order valence-electron chi connectivity index (χ4n) is 1.13. The van der Waals surface area contributed by atoms with E-state index >= 15 is 0 Å². The first kappa shape index (κ1) is 11.5. The standard InChI is InChI=1S/C9H12ClNO2S/c1-2-7-11(14(12)13)9-6-4-3-5-8(9)10/h3-6H,2,7H2,1H3,(H,12,13)/p-1. The molecule has 0 spiro atoms. The molecule has 0 amide bonds. The molecule has 0 saturated carbocycles. The van der Waals surface area contributed by atoms with Crippen LogP contribution in [-0.4, -0.2) is 15.3 Å². The van der Waals surface area contributed by atoms with Gasteiger partial charge in [-0.2, -0.15) is 0 Å². The molecule has 0 heterocycles. The zero-order valence-electron chi connectivity index (χ0n) is 7.77. The van der Waals surface area contributed by atoms with Crippen molar-refractivity contribution in [3.8, 4) is 0 Å². The lowest BCUT2D eigenvalue weighted by molar-refractivity contribution is 0.531. The molecule has 78 valence electrons. The van der Waals surface area contributed by atoms with E-state index in [1.54, 1.807) is 24.3 Å². The van der Waals surface area contributed by atoms with Gasteiger partial charge < -0.3 is 8.86 Å². The molecule has 1 atom stereocenters. The second kappa shape index (κ2) is 5.34. The number of para-hydroxylation sites is 1. The molecule has 0 bridgehead atoms. The summed E-state index contributed by atoms with van der Waals surface area (Å²) < 4.78 is 23.1. The molecule has 0 radical (unpaired) electrons. The van der Waals surface area contributed by atoms with E-state index < -0.39 is 11.3 Å². The van der Waals surface area contributed by atoms with Gasteiger partial charge >= 0.3 is 0 Å². The van der Waals surface area contributed by atoms with Gasteiger partial charge in [0.15, 0.2) is 0 Å². The molecular formula is C9H11ClNO2S-. The van der Waals surface area contributed by atoms with Crippen LogP contribution in [0.15, 0.2) is 24.3 Å². The van der Waals surface area contributed by atoms with E-state index in [1.807, 2.05) is 6.92 Å². The lowest BCUT2D eigenvalue weighted by atomic mass is 10.3. The summed E-state index contributed by atoms with van der Waals surface area (Å²) in [5, 5.41) is 0.449. The van der Waals surface area contributed by atoms with Crippen molar-refractivity contribution in [3.63, 3.8) is 0 Å². The van der Waals surface area contributed by atoms with Crippen LogP contribution in [-0.2, 0) is 11.3 Å². The summed E-state index contributed by atoms with van der Waals surface area (Å²) in [6.07, 6.45) is 0.749. The molecule has 1 aromatic rings. The molecule has 0 aliphatic heterocycles. The Morgan fingerprint density at radius 1 is 1.50 bits per heavy atom. The maximum absolute atomic E-state index is 10.9. The van der Waals surface area contributed by atoms with Crippen molar-refractivity contribution in [2.24, 2.45) is 0 Å². The van der Waals surface area contributed by atoms with Gasteiger partial charge in [0, 0.05) is 17.8 Å². The third kappa shape index (κ3) is 2.70. The Kier molecular flexibility index (Phi) is 4.38. The van der Waals surface area contributed by atoms with Crippen molar-refractivity contribution in [2.75, 3.05) is 10.8 Å². The number of rotatable bonds is 4. The fraction of sp³-hybridized carbons (Fsp3) is 0.333. The number of halogens is 1. The van der Waals surface area contributed by atoms with Crippen LogP contribution >= 0.6 is 11.6 Å². The van der Waals surface area contributed by atoms with E-state index in [1.165, 1.54) is 4.31 Å². The molecule has 0 aliphatic carbocycles. The lowest BCUT2D eigenvalue weighted by Gasteiger charge is -2.26. The third-order valence-electron chi connectivity index (χ3n) is 1.73. The third-order valence-corrected chi connectivity index (χ3v) is 2.79. The number of hydrogen-bond donors (Lipinski definition) is 0. The summed E-state index contributed by atoms with van der Waals surface area (Å²) in [4.78, 5) is 0. The Balaban J connectivity index is 2.99. The van der Waals surface area contributed by atoms with Crippen LogP contribution in [0.2, 0.25) is 5.02 Å². The van der Waals surface area contributed by atoms with Crippen LogP contribution < -0.4 is 4.31 Å². The molecule has 0 saturated heterocycles. The van der Waals surface area contributed by atoms with Crippen molar-refractivity contribution < 1.29 is 8.76 Å². The number of anilines is 1. The van der Waals surface area contributed by atoms with E-state index in [0.29, 0.717) is 17.3 Å². The molecule has 0 aromatic heterocycles. The largest absolute Gasteiger partial charge is 0.755 e. The second-order valence-corrected chi connectivity index (χ2v) is 4.05. The van der Waals surface area contributed by atoms with Gasteiger partial charge in [0.1, 0.15) is 0 Å². The summed E-state index contributed by atoms with van der Waals surface area (Å²) >= 11 is 3.62. The molecule has 1 rings (SSSR count). The van der Waals surface area contributed by atoms with Gasteiger partial charge in [-0.15, -0.1) is 0 Å². The van der Waals surface area contributed by atoms with Crippen LogP contribution in [0.3, 0.4) is 0 Å². The number of hydrogen-bond acceptors (Lipinski definition) is 2. The highest BCUT2D eigenvalue weighted by atomic mass is 35.5. The molecular weight excluding hydrogens is 222 g/mol. The first-order valence-corrected chi connectivity index (χ1v) is 5.69. The van der Waals surface area contributed by atoms with Gasteiger partial charge in [-0.05, 0) is 18.6 Å². The van der Waals surface area contributed by atoms with Crippen LogP contribution in [0.5, 0.6) is 0 Å². The van der Waals surface area contributed by atoms with E-state index in [-0.39, 0.29) is 0 Å². The minimum absolute atomic E-state index is 0.444. The smallest absolute Gasteiger partial charge is 0.0668 e. The van der Waals surface area contributed by atoms with Crippen LogP contribution in [0.25, 0.3) is 0 Å². The van der Waals surface area contributed by atoms with Gasteiger partial charge in [0.25, 0.3) is 0 Å². The summed E-state index contributed by atoms with van der Waals surface area (Å²) in [6, 6.07) is 6.89. The number of benzene rings is 1. The second-order valence-electron chi connectivity index (χ2n) is 2.77. The highest BCUT2D eigenvalue weighted by molar-refractivity contribution is 7.80. The highest BCUT2D eigenvalue weighted by Gasteiger charge is 2.08. The molecule has 0 aliphatic rings. The summed E-state index contributed by atoms with van der Waals surface area (Å²) in [7, 11) is 0. The van der Waals surface area contributed by atoms with Crippen molar-refractivity contribution in [3.05, 3.63) is 29.3 Å². The normalized spacial score (nSPS) is 12.5. The average molecular weight is 233 g/mol. The SMILES string of the molecule is CCCN(c1ccccc1Cl)S(=O)[O-]. The minimum atomic E-state index is -2.27. The first-order valence-electron chi connectivity index (χ1n) is 4.28. The molecule has 1 unspecified atom stereocenters.